The molecule has 0 amide bonds. The van der Waals surface area contributed by atoms with Crippen LogP contribution in [-0.2, 0) is 6.54 Å². The van der Waals surface area contributed by atoms with Gasteiger partial charge < -0.3 is 10.5 Å². The Balaban J connectivity index is 2.51. The Morgan fingerprint density at radius 3 is 2.47 bits per heavy atom. The molecule has 0 aromatic heterocycles. The molecular formula is C13H20N2OS. The molecule has 0 aliphatic rings. The molecule has 0 heterocycles. The van der Waals surface area contributed by atoms with Crippen molar-refractivity contribution in [1.29, 1.82) is 0 Å². The topological polar surface area (TPSA) is 38.5 Å². The summed E-state index contributed by atoms with van der Waals surface area (Å²) in [4.78, 5) is 2.90. The molecule has 0 unspecified atom stereocenters. The summed E-state index contributed by atoms with van der Waals surface area (Å²) in [5, 5.41) is 0. The Labute approximate surface area is 109 Å². The summed E-state index contributed by atoms with van der Waals surface area (Å²) in [5.74, 6) is 0.889. The molecular weight excluding hydrogens is 232 g/mol. The second-order valence-electron chi connectivity index (χ2n) is 3.93. The largest absolute Gasteiger partial charge is 0.497 e. The molecule has 0 spiro atoms. The summed E-state index contributed by atoms with van der Waals surface area (Å²) in [7, 11) is 1.68. The first-order valence-corrected chi connectivity index (χ1v) is 6.20. The van der Waals surface area contributed by atoms with Crippen LogP contribution < -0.4 is 10.5 Å². The van der Waals surface area contributed by atoms with Crippen LogP contribution in [0.15, 0.2) is 24.3 Å². The minimum absolute atomic E-state index is 0.582. The minimum atomic E-state index is 0.582. The zero-order valence-electron chi connectivity index (χ0n) is 10.5. The Kier molecular flexibility index (Phi) is 5.94. The number of rotatable bonds is 7. The average Bonchev–Trinajstić information content (AvgIpc) is 2.35. The smallest absolute Gasteiger partial charge is 0.118 e. The van der Waals surface area contributed by atoms with Crippen molar-refractivity contribution in [3.8, 4) is 5.75 Å². The Morgan fingerprint density at radius 2 is 2.00 bits per heavy atom. The van der Waals surface area contributed by atoms with E-state index in [4.69, 9.17) is 22.7 Å². The predicted octanol–water partition coefficient (Wildman–Crippen LogP) is 2.19. The molecule has 1 rings (SSSR count). The lowest BCUT2D eigenvalue weighted by Gasteiger charge is -2.20. The van der Waals surface area contributed by atoms with Gasteiger partial charge in [-0.3, -0.25) is 4.90 Å². The fourth-order valence-corrected chi connectivity index (χ4v) is 1.70. The Bertz CT molecular complexity index is 351. The van der Waals surface area contributed by atoms with Crippen molar-refractivity contribution < 1.29 is 4.74 Å². The lowest BCUT2D eigenvalue weighted by molar-refractivity contribution is 0.288. The van der Waals surface area contributed by atoms with Crippen LogP contribution in [0.5, 0.6) is 5.75 Å². The fourth-order valence-electron chi connectivity index (χ4n) is 1.61. The molecule has 0 saturated carbocycles. The number of benzene rings is 1. The van der Waals surface area contributed by atoms with E-state index in [1.807, 2.05) is 12.1 Å². The van der Waals surface area contributed by atoms with Crippen molar-refractivity contribution in [2.24, 2.45) is 5.73 Å². The summed E-state index contributed by atoms with van der Waals surface area (Å²) in [6, 6.07) is 8.14. The SMILES string of the molecule is CCN(CCC(N)=S)Cc1ccc(OC)cc1. The molecule has 17 heavy (non-hydrogen) atoms. The number of hydrogen-bond acceptors (Lipinski definition) is 3. The van der Waals surface area contributed by atoms with E-state index < -0.39 is 0 Å². The van der Waals surface area contributed by atoms with Crippen molar-refractivity contribution >= 4 is 17.2 Å². The summed E-state index contributed by atoms with van der Waals surface area (Å²) in [6.45, 7) is 4.97. The van der Waals surface area contributed by atoms with Gasteiger partial charge in [-0.25, -0.2) is 0 Å². The molecule has 94 valence electrons. The molecule has 0 aliphatic carbocycles. The highest BCUT2D eigenvalue weighted by Crippen LogP contribution is 2.13. The second kappa shape index (κ2) is 7.25. The number of nitrogens with two attached hydrogens (primary N) is 1. The molecule has 0 aliphatic heterocycles. The van der Waals surface area contributed by atoms with E-state index in [2.05, 4.69) is 24.0 Å². The van der Waals surface area contributed by atoms with Gasteiger partial charge in [0.05, 0.1) is 12.1 Å². The van der Waals surface area contributed by atoms with Crippen LogP contribution in [0.3, 0.4) is 0 Å². The molecule has 3 nitrogen and oxygen atoms in total. The third kappa shape index (κ3) is 5.15. The third-order valence-electron chi connectivity index (χ3n) is 2.69. The van der Waals surface area contributed by atoms with E-state index >= 15 is 0 Å². The first-order valence-electron chi connectivity index (χ1n) is 5.79. The maximum atomic E-state index is 5.51. The van der Waals surface area contributed by atoms with Gasteiger partial charge in [0.25, 0.3) is 0 Å². The first kappa shape index (κ1) is 13.9. The number of methoxy groups -OCH3 is 1. The van der Waals surface area contributed by atoms with Gasteiger partial charge >= 0.3 is 0 Å². The van der Waals surface area contributed by atoms with Crippen molar-refractivity contribution in [1.82, 2.24) is 4.90 Å². The van der Waals surface area contributed by atoms with E-state index in [9.17, 15) is 0 Å². The van der Waals surface area contributed by atoms with Gasteiger partial charge in [-0.1, -0.05) is 31.3 Å². The van der Waals surface area contributed by atoms with Crippen LogP contribution in [0.2, 0.25) is 0 Å². The van der Waals surface area contributed by atoms with Crippen LogP contribution >= 0.6 is 12.2 Å². The Morgan fingerprint density at radius 1 is 1.35 bits per heavy atom. The van der Waals surface area contributed by atoms with Gasteiger partial charge in [0, 0.05) is 19.5 Å². The quantitative estimate of drug-likeness (QED) is 0.755. The molecule has 0 saturated heterocycles. The molecule has 0 atom stereocenters. The van der Waals surface area contributed by atoms with Crippen LogP contribution in [-0.4, -0.2) is 30.1 Å². The average molecular weight is 252 g/mol. The minimum Gasteiger partial charge on any atom is -0.497 e. The normalized spacial score (nSPS) is 10.5. The molecule has 0 radical (unpaired) electrons. The highest BCUT2D eigenvalue weighted by atomic mass is 32.1. The van der Waals surface area contributed by atoms with E-state index in [0.717, 1.165) is 31.8 Å². The van der Waals surface area contributed by atoms with Crippen molar-refractivity contribution in [2.45, 2.75) is 19.9 Å². The predicted molar refractivity (Wildman–Crippen MR) is 75.3 cm³/mol. The number of ether oxygens (including phenoxy) is 1. The molecule has 4 heteroatoms. The number of hydrogen-bond donors (Lipinski definition) is 1. The van der Waals surface area contributed by atoms with Crippen LogP contribution in [0, 0.1) is 0 Å². The van der Waals surface area contributed by atoms with Crippen molar-refractivity contribution in [2.75, 3.05) is 20.2 Å². The summed E-state index contributed by atoms with van der Waals surface area (Å²) < 4.78 is 5.13. The fraction of sp³-hybridized carbons (Fsp3) is 0.462. The lowest BCUT2D eigenvalue weighted by Crippen LogP contribution is -2.27. The molecule has 0 bridgehead atoms. The van der Waals surface area contributed by atoms with Crippen molar-refractivity contribution in [3.63, 3.8) is 0 Å². The summed E-state index contributed by atoms with van der Waals surface area (Å²) in [5.41, 5.74) is 6.79. The van der Waals surface area contributed by atoms with Crippen LogP contribution in [0.1, 0.15) is 18.9 Å². The summed E-state index contributed by atoms with van der Waals surface area (Å²) in [6.07, 6.45) is 0.777. The van der Waals surface area contributed by atoms with Crippen LogP contribution in [0.4, 0.5) is 0 Å². The van der Waals surface area contributed by atoms with Gasteiger partial charge in [-0.05, 0) is 24.2 Å². The van der Waals surface area contributed by atoms with Gasteiger partial charge in [0.1, 0.15) is 5.75 Å². The molecule has 2 N–H and O–H groups in total. The van der Waals surface area contributed by atoms with Gasteiger partial charge in [0.2, 0.25) is 0 Å². The third-order valence-corrected chi connectivity index (χ3v) is 2.89. The maximum absolute atomic E-state index is 5.51. The first-order chi connectivity index (χ1) is 8.15. The molecule has 1 aromatic rings. The van der Waals surface area contributed by atoms with Crippen molar-refractivity contribution in [3.05, 3.63) is 29.8 Å². The van der Waals surface area contributed by atoms with Gasteiger partial charge in [-0.2, -0.15) is 0 Å². The van der Waals surface area contributed by atoms with Gasteiger partial charge in [0.15, 0.2) is 0 Å². The Hall–Kier alpha value is -1.13. The van der Waals surface area contributed by atoms with E-state index in [1.165, 1.54) is 5.56 Å². The maximum Gasteiger partial charge on any atom is 0.118 e. The second-order valence-corrected chi connectivity index (χ2v) is 4.46. The van der Waals surface area contributed by atoms with Gasteiger partial charge in [-0.15, -0.1) is 0 Å². The monoisotopic (exact) mass is 252 g/mol. The molecule has 0 fully saturated rings. The number of thiocarbonyl (C=S) groups is 1. The standard InChI is InChI=1S/C13H20N2OS/c1-3-15(9-8-13(14)17)10-11-4-6-12(16-2)7-5-11/h4-7H,3,8-10H2,1-2H3,(H2,14,17). The highest BCUT2D eigenvalue weighted by Gasteiger charge is 2.04. The lowest BCUT2D eigenvalue weighted by atomic mass is 10.2. The van der Waals surface area contributed by atoms with E-state index in [1.54, 1.807) is 7.11 Å². The van der Waals surface area contributed by atoms with E-state index in [0.29, 0.717) is 4.99 Å². The zero-order valence-corrected chi connectivity index (χ0v) is 11.3. The number of nitrogens with zero attached hydrogens (tertiary/aromatic N) is 1. The summed E-state index contributed by atoms with van der Waals surface area (Å²) >= 11 is 4.89. The molecule has 1 aromatic carbocycles. The van der Waals surface area contributed by atoms with E-state index in [-0.39, 0.29) is 0 Å². The highest BCUT2D eigenvalue weighted by molar-refractivity contribution is 7.80. The van der Waals surface area contributed by atoms with Crippen LogP contribution in [0.25, 0.3) is 0 Å². The zero-order chi connectivity index (χ0) is 12.7.